The first-order valence-electron chi connectivity index (χ1n) is 5.50. The fourth-order valence-electron chi connectivity index (χ4n) is 1.68. The van der Waals surface area contributed by atoms with Gasteiger partial charge in [0, 0.05) is 0 Å². The van der Waals surface area contributed by atoms with Crippen LogP contribution in [0.5, 0.6) is 0 Å². The second kappa shape index (κ2) is 4.97. The molecule has 0 bridgehead atoms. The van der Waals surface area contributed by atoms with Gasteiger partial charge in [0.05, 0.1) is 11.9 Å². The first-order valence-corrected chi connectivity index (χ1v) is 7.35. The highest BCUT2D eigenvalue weighted by Gasteiger charge is 2.27. The maximum Gasteiger partial charge on any atom is 0.241 e. The summed E-state index contributed by atoms with van der Waals surface area (Å²) < 4.78 is 24.6. The van der Waals surface area contributed by atoms with E-state index in [1.807, 2.05) is 19.9 Å². The van der Waals surface area contributed by atoms with Gasteiger partial charge in [0.1, 0.15) is 6.04 Å². The van der Waals surface area contributed by atoms with E-state index in [-0.39, 0.29) is 0 Å². The molecule has 1 atom stereocenters. The van der Waals surface area contributed by atoms with Crippen LogP contribution in [0.1, 0.15) is 18.1 Å². The first-order chi connectivity index (χ1) is 8.14. The van der Waals surface area contributed by atoms with Gasteiger partial charge in [-0.2, -0.15) is 0 Å². The lowest BCUT2D eigenvalue weighted by molar-refractivity contribution is -0.118. The van der Waals surface area contributed by atoms with E-state index in [2.05, 4.69) is 0 Å². The molecule has 6 heteroatoms. The van der Waals surface area contributed by atoms with E-state index in [1.165, 1.54) is 6.92 Å². The van der Waals surface area contributed by atoms with E-state index >= 15 is 0 Å². The lowest BCUT2D eigenvalue weighted by Gasteiger charge is -2.27. The summed E-state index contributed by atoms with van der Waals surface area (Å²) in [6, 6.07) is 4.30. The number of nitrogens with zero attached hydrogens (tertiary/aromatic N) is 1. The molecule has 100 valence electrons. The molecular formula is C12H18N2O3S. The Labute approximate surface area is 108 Å². The first kappa shape index (κ1) is 14.5. The number of sulfonamides is 1. The van der Waals surface area contributed by atoms with Crippen molar-refractivity contribution in [1.29, 1.82) is 0 Å². The summed E-state index contributed by atoms with van der Waals surface area (Å²) in [5.74, 6) is -0.682. The molecular weight excluding hydrogens is 252 g/mol. The Morgan fingerprint density at radius 1 is 1.28 bits per heavy atom. The molecule has 2 N–H and O–H groups in total. The molecule has 1 aromatic carbocycles. The van der Waals surface area contributed by atoms with Crippen LogP contribution in [0.3, 0.4) is 0 Å². The minimum absolute atomic E-state index is 0.451. The largest absolute Gasteiger partial charge is 0.368 e. The molecule has 1 amide bonds. The Balaban J connectivity index is 3.36. The molecule has 18 heavy (non-hydrogen) atoms. The number of amides is 1. The minimum Gasteiger partial charge on any atom is -0.368 e. The molecule has 1 rings (SSSR count). The van der Waals surface area contributed by atoms with Gasteiger partial charge >= 0.3 is 0 Å². The van der Waals surface area contributed by atoms with Gasteiger partial charge in [-0.15, -0.1) is 0 Å². The van der Waals surface area contributed by atoms with Gasteiger partial charge in [-0.25, -0.2) is 8.42 Å². The topological polar surface area (TPSA) is 80.5 Å². The van der Waals surface area contributed by atoms with Crippen LogP contribution in [0.25, 0.3) is 0 Å². The summed E-state index contributed by atoms with van der Waals surface area (Å²) in [5.41, 5.74) is 7.66. The Kier molecular flexibility index (Phi) is 4.01. The summed E-state index contributed by atoms with van der Waals surface area (Å²) in [6.07, 6.45) is 1.06. The zero-order valence-electron chi connectivity index (χ0n) is 11.0. The third-order valence-electron chi connectivity index (χ3n) is 2.87. The van der Waals surface area contributed by atoms with Crippen molar-refractivity contribution in [2.75, 3.05) is 10.6 Å². The van der Waals surface area contributed by atoms with Crippen molar-refractivity contribution >= 4 is 21.6 Å². The number of hydrogen-bond acceptors (Lipinski definition) is 3. The van der Waals surface area contributed by atoms with E-state index in [0.717, 1.165) is 21.7 Å². The highest BCUT2D eigenvalue weighted by atomic mass is 32.2. The highest BCUT2D eigenvalue weighted by molar-refractivity contribution is 7.92. The SMILES string of the molecule is Cc1ccc(N([C@@H](C)C(N)=O)S(C)(=O)=O)cc1C. The summed E-state index contributed by atoms with van der Waals surface area (Å²) in [4.78, 5) is 11.2. The van der Waals surface area contributed by atoms with Gasteiger partial charge in [-0.1, -0.05) is 6.07 Å². The number of anilines is 1. The fourth-order valence-corrected chi connectivity index (χ4v) is 2.86. The van der Waals surface area contributed by atoms with Crippen molar-refractivity contribution < 1.29 is 13.2 Å². The van der Waals surface area contributed by atoms with Crippen LogP contribution in [-0.2, 0) is 14.8 Å². The molecule has 0 aromatic heterocycles. The smallest absolute Gasteiger partial charge is 0.241 e. The number of rotatable bonds is 4. The van der Waals surface area contributed by atoms with E-state index in [0.29, 0.717) is 5.69 Å². The molecule has 0 aliphatic heterocycles. The third kappa shape index (κ3) is 3.01. The number of carbonyl (C=O) groups is 1. The third-order valence-corrected chi connectivity index (χ3v) is 4.11. The van der Waals surface area contributed by atoms with E-state index in [9.17, 15) is 13.2 Å². The van der Waals surface area contributed by atoms with Crippen molar-refractivity contribution in [2.45, 2.75) is 26.8 Å². The molecule has 0 unspecified atom stereocenters. The quantitative estimate of drug-likeness (QED) is 0.884. The van der Waals surface area contributed by atoms with Crippen LogP contribution in [0, 0.1) is 13.8 Å². The minimum atomic E-state index is -3.56. The molecule has 0 radical (unpaired) electrons. The number of benzene rings is 1. The number of carbonyl (C=O) groups excluding carboxylic acids is 1. The van der Waals surface area contributed by atoms with Gasteiger partial charge in [0.2, 0.25) is 15.9 Å². The number of hydrogen-bond donors (Lipinski definition) is 1. The average molecular weight is 270 g/mol. The molecule has 0 spiro atoms. The van der Waals surface area contributed by atoms with E-state index < -0.39 is 22.0 Å². The van der Waals surface area contributed by atoms with Crippen molar-refractivity contribution in [3.05, 3.63) is 29.3 Å². The monoisotopic (exact) mass is 270 g/mol. The lowest BCUT2D eigenvalue weighted by atomic mass is 10.1. The van der Waals surface area contributed by atoms with Crippen molar-refractivity contribution in [1.82, 2.24) is 0 Å². The Morgan fingerprint density at radius 3 is 2.22 bits per heavy atom. The predicted molar refractivity (Wildman–Crippen MR) is 71.9 cm³/mol. The fraction of sp³-hybridized carbons (Fsp3) is 0.417. The molecule has 0 saturated carbocycles. The summed E-state index contributed by atoms with van der Waals surface area (Å²) in [5, 5.41) is 0. The normalized spacial score (nSPS) is 13.1. The van der Waals surface area contributed by atoms with Gasteiger partial charge in [0.15, 0.2) is 0 Å². The highest BCUT2D eigenvalue weighted by Crippen LogP contribution is 2.23. The molecule has 1 aromatic rings. The maximum atomic E-state index is 11.8. The predicted octanol–water partition coefficient (Wildman–Crippen LogP) is 0.943. The van der Waals surface area contributed by atoms with Crippen molar-refractivity contribution in [2.24, 2.45) is 5.73 Å². The van der Waals surface area contributed by atoms with E-state index in [4.69, 9.17) is 5.73 Å². The molecule has 0 saturated heterocycles. The van der Waals surface area contributed by atoms with Gasteiger partial charge in [-0.3, -0.25) is 9.10 Å². The number of aryl methyl sites for hydroxylation is 2. The van der Waals surface area contributed by atoms with Crippen LogP contribution >= 0.6 is 0 Å². The molecule has 0 heterocycles. The summed E-state index contributed by atoms with van der Waals surface area (Å²) >= 11 is 0. The van der Waals surface area contributed by atoms with E-state index in [1.54, 1.807) is 12.1 Å². The van der Waals surface area contributed by atoms with Crippen LogP contribution in [0.15, 0.2) is 18.2 Å². The van der Waals surface area contributed by atoms with Crippen LogP contribution in [-0.4, -0.2) is 26.6 Å². The second-order valence-corrected chi connectivity index (χ2v) is 6.27. The van der Waals surface area contributed by atoms with Crippen molar-refractivity contribution in [3.8, 4) is 0 Å². The van der Waals surface area contributed by atoms with Crippen LogP contribution < -0.4 is 10.0 Å². The maximum absolute atomic E-state index is 11.8. The van der Waals surface area contributed by atoms with Crippen LogP contribution in [0.4, 0.5) is 5.69 Å². The molecule has 0 aliphatic rings. The molecule has 0 aliphatic carbocycles. The standard InChI is InChI=1S/C12H18N2O3S/c1-8-5-6-11(7-9(8)2)14(18(4,16)17)10(3)12(13)15/h5-7,10H,1-4H3,(H2,13,15)/t10-/m0/s1. The molecule has 0 fully saturated rings. The Morgan fingerprint density at radius 2 is 1.83 bits per heavy atom. The molecule has 5 nitrogen and oxygen atoms in total. The number of nitrogens with two attached hydrogens (primary N) is 1. The summed E-state index contributed by atoms with van der Waals surface area (Å²) in [6.45, 7) is 5.29. The second-order valence-electron chi connectivity index (χ2n) is 4.41. The van der Waals surface area contributed by atoms with Gasteiger partial charge in [-0.05, 0) is 44.0 Å². The number of primary amides is 1. The van der Waals surface area contributed by atoms with Gasteiger partial charge < -0.3 is 5.73 Å². The van der Waals surface area contributed by atoms with Gasteiger partial charge in [0.25, 0.3) is 0 Å². The zero-order chi connectivity index (χ0) is 14.1. The zero-order valence-corrected chi connectivity index (χ0v) is 11.8. The Hall–Kier alpha value is -1.56. The van der Waals surface area contributed by atoms with Crippen LogP contribution in [0.2, 0.25) is 0 Å². The lowest BCUT2D eigenvalue weighted by Crippen LogP contribution is -2.45. The summed E-state index contributed by atoms with van der Waals surface area (Å²) in [7, 11) is -3.56. The van der Waals surface area contributed by atoms with Crippen molar-refractivity contribution in [3.63, 3.8) is 0 Å². The Bertz CT molecular complexity index is 567. The average Bonchev–Trinajstić information content (AvgIpc) is 2.21.